The highest BCUT2D eigenvalue weighted by atomic mass is 32.2. The summed E-state index contributed by atoms with van der Waals surface area (Å²) in [6.07, 6.45) is 2.07. The summed E-state index contributed by atoms with van der Waals surface area (Å²) in [5.74, 6) is -0.809. The lowest BCUT2D eigenvalue weighted by Gasteiger charge is -2.13. The van der Waals surface area contributed by atoms with Crippen molar-refractivity contribution in [1.29, 1.82) is 0 Å². The molecule has 0 aliphatic carbocycles. The fraction of sp³-hybridized carbons (Fsp3) is 0.615. The SMILES string of the molecule is CCn1nc(C)c2nc(SCC(=O)O)n(CC(C)SC)c21. The van der Waals surface area contributed by atoms with Crippen LogP contribution in [0.3, 0.4) is 0 Å². The summed E-state index contributed by atoms with van der Waals surface area (Å²) in [5.41, 5.74) is 2.75. The molecule has 0 radical (unpaired) electrons. The Morgan fingerprint density at radius 2 is 2.19 bits per heavy atom. The van der Waals surface area contributed by atoms with E-state index in [2.05, 4.69) is 27.8 Å². The van der Waals surface area contributed by atoms with Crippen molar-refractivity contribution in [3.63, 3.8) is 0 Å². The molecule has 0 aliphatic rings. The molecule has 1 atom stereocenters. The van der Waals surface area contributed by atoms with Gasteiger partial charge in [0, 0.05) is 18.3 Å². The summed E-state index contributed by atoms with van der Waals surface area (Å²) in [6.45, 7) is 7.71. The first-order valence-electron chi connectivity index (χ1n) is 6.78. The highest BCUT2D eigenvalue weighted by molar-refractivity contribution is 7.99. The van der Waals surface area contributed by atoms with E-state index < -0.39 is 5.97 Å². The Balaban J connectivity index is 2.50. The molecule has 2 rings (SSSR count). The Labute approximate surface area is 132 Å². The molecule has 116 valence electrons. The molecule has 0 fully saturated rings. The number of fused-ring (bicyclic) bond motifs is 1. The summed E-state index contributed by atoms with van der Waals surface area (Å²) < 4.78 is 4.04. The fourth-order valence-electron chi connectivity index (χ4n) is 2.16. The number of nitrogens with zero attached hydrogens (tertiary/aromatic N) is 4. The topological polar surface area (TPSA) is 72.9 Å². The van der Waals surface area contributed by atoms with E-state index in [1.165, 1.54) is 11.8 Å². The predicted octanol–water partition coefficient (Wildman–Crippen LogP) is 2.49. The number of aromatic nitrogens is 4. The fourth-order valence-corrected chi connectivity index (χ4v) is 3.18. The molecule has 0 bridgehead atoms. The molecule has 0 amide bonds. The number of carboxylic acid groups (broad SMARTS) is 1. The van der Waals surface area contributed by atoms with Crippen molar-refractivity contribution in [3.05, 3.63) is 5.69 Å². The molecule has 2 aromatic rings. The minimum Gasteiger partial charge on any atom is -0.481 e. The standard InChI is InChI=1S/C13H20N4O2S2/c1-5-17-12-11(9(3)15-17)14-13(21-7-10(18)19)16(12)6-8(2)20-4/h8H,5-7H2,1-4H3,(H,18,19). The second-order valence-corrected chi connectivity index (χ2v) is 7.03. The monoisotopic (exact) mass is 328 g/mol. The van der Waals surface area contributed by atoms with Gasteiger partial charge in [0.25, 0.3) is 0 Å². The Morgan fingerprint density at radius 3 is 2.76 bits per heavy atom. The second kappa shape index (κ2) is 6.74. The van der Waals surface area contributed by atoms with Gasteiger partial charge in [-0.25, -0.2) is 9.67 Å². The van der Waals surface area contributed by atoms with Crippen molar-refractivity contribution in [2.24, 2.45) is 0 Å². The van der Waals surface area contributed by atoms with Crippen LogP contribution in [0, 0.1) is 6.92 Å². The number of aliphatic carboxylic acids is 1. The first-order chi connectivity index (χ1) is 9.97. The van der Waals surface area contributed by atoms with E-state index in [0.717, 1.165) is 35.1 Å². The highest BCUT2D eigenvalue weighted by Crippen LogP contribution is 2.27. The molecule has 0 aliphatic heterocycles. The molecule has 1 unspecified atom stereocenters. The normalized spacial score (nSPS) is 13.0. The average molecular weight is 328 g/mol. The van der Waals surface area contributed by atoms with Crippen LogP contribution in [-0.2, 0) is 17.9 Å². The number of rotatable bonds is 7. The summed E-state index contributed by atoms with van der Waals surface area (Å²) in [7, 11) is 0. The quantitative estimate of drug-likeness (QED) is 0.787. The highest BCUT2D eigenvalue weighted by Gasteiger charge is 2.20. The maximum Gasteiger partial charge on any atom is 0.313 e. The van der Waals surface area contributed by atoms with Gasteiger partial charge < -0.3 is 9.67 Å². The van der Waals surface area contributed by atoms with E-state index in [9.17, 15) is 4.79 Å². The molecular formula is C13H20N4O2S2. The third-order valence-electron chi connectivity index (χ3n) is 3.23. The van der Waals surface area contributed by atoms with Crippen LogP contribution in [0.1, 0.15) is 19.5 Å². The molecule has 8 heteroatoms. The first kappa shape index (κ1) is 16.2. The van der Waals surface area contributed by atoms with Gasteiger partial charge in [0.1, 0.15) is 5.52 Å². The van der Waals surface area contributed by atoms with Crippen LogP contribution in [0.5, 0.6) is 0 Å². The van der Waals surface area contributed by atoms with Crippen molar-refractivity contribution in [2.75, 3.05) is 12.0 Å². The number of thioether (sulfide) groups is 2. The zero-order chi connectivity index (χ0) is 15.6. The maximum absolute atomic E-state index is 10.8. The Hall–Kier alpha value is -1.15. The van der Waals surface area contributed by atoms with Gasteiger partial charge in [-0.3, -0.25) is 4.79 Å². The first-order valence-corrected chi connectivity index (χ1v) is 9.06. The van der Waals surface area contributed by atoms with Crippen molar-refractivity contribution < 1.29 is 9.90 Å². The Kier molecular flexibility index (Phi) is 5.21. The largest absolute Gasteiger partial charge is 0.481 e. The molecule has 21 heavy (non-hydrogen) atoms. The molecular weight excluding hydrogens is 308 g/mol. The Bertz CT molecular complexity index is 650. The van der Waals surface area contributed by atoms with E-state index in [-0.39, 0.29) is 5.75 Å². The van der Waals surface area contributed by atoms with Gasteiger partial charge in [-0.2, -0.15) is 16.9 Å². The summed E-state index contributed by atoms with van der Waals surface area (Å²) >= 11 is 3.05. The third-order valence-corrected chi connectivity index (χ3v) is 5.15. The lowest BCUT2D eigenvalue weighted by Crippen LogP contribution is -2.13. The van der Waals surface area contributed by atoms with Gasteiger partial charge in [0.2, 0.25) is 0 Å². The number of carbonyl (C=O) groups is 1. The maximum atomic E-state index is 10.8. The summed E-state index contributed by atoms with van der Waals surface area (Å²) in [6, 6.07) is 0. The minimum absolute atomic E-state index is 0.0197. The summed E-state index contributed by atoms with van der Waals surface area (Å²) in [4.78, 5) is 15.4. The van der Waals surface area contributed by atoms with Gasteiger partial charge in [-0.15, -0.1) is 0 Å². The molecule has 0 saturated heterocycles. The lowest BCUT2D eigenvalue weighted by atomic mass is 10.4. The smallest absolute Gasteiger partial charge is 0.313 e. The van der Waals surface area contributed by atoms with Gasteiger partial charge in [-0.1, -0.05) is 18.7 Å². The van der Waals surface area contributed by atoms with E-state index in [4.69, 9.17) is 5.11 Å². The number of aryl methyl sites for hydroxylation is 2. The van der Waals surface area contributed by atoms with Crippen LogP contribution in [0.4, 0.5) is 0 Å². The van der Waals surface area contributed by atoms with E-state index in [0.29, 0.717) is 5.25 Å². The molecule has 2 aromatic heterocycles. The van der Waals surface area contributed by atoms with Crippen molar-refractivity contribution >= 4 is 40.7 Å². The van der Waals surface area contributed by atoms with E-state index >= 15 is 0 Å². The van der Waals surface area contributed by atoms with E-state index in [1.54, 1.807) is 11.8 Å². The van der Waals surface area contributed by atoms with E-state index in [1.807, 2.05) is 18.5 Å². The summed E-state index contributed by atoms with van der Waals surface area (Å²) in [5, 5.41) is 14.6. The molecule has 0 saturated carbocycles. The van der Waals surface area contributed by atoms with Crippen molar-refractivity contribution in [3.8, 4) is 0 Å². The Morgan fingerprint density at radius 1 is 1.48 bits per heavy atom. The second-order valence-electron chi connectivity index (χ2n) is 4.81. The van der Waals surface area contributed by atoms with Gasteiger partial charge in [-0.05, 0) is 20.1 Å². The van der Waals surface area contributed by atoms with Gasteiger partial charge in [0.15, 0.2) is 10.8 Å². The van der Waals surface area contributed by atoms with Crippen LogP contribution in [0.25, 0.3) is 11.2 Å². The number of hydrogen-bond acceptors (Lipinski definition) is 5. The molecule has 6 nitrogen and oxygen atoms in total. The van der Waals surface area contributed by atoms with Crippen LogP contribution in [0.2, 0.25) is 0 Å². The average Bonchev–Trinajstić information content (AvgIpc) is 2.95. The zero-order valence-corrected chi connectivity index (χ0v) is 14.3. The minimum atomic E-state index is -0.828. The molecule has 2 heterocycles. The van der Waals surface area contributed by atoms with Crippen LogP contribution < -0.4 is 0 Å². The van der Waals surface area contributed by atoms with Crippen molar-refractivity contribution in [1.82, 2.24) is 19.3 Å². The molecule has 0 spiro atoms. The van der Waals surface area contributed by atoms with Crippen LogP contribution in [0.15, 0.2) is 5.16 Å². The van der Waals surface area contributed by atoms with Gasteiger partial charge in [0.05, 0.1) is 11.4 Å². The number of imidazole rings is 1. The molecule has 0 aromatic carbocycles. The third kappa shape index (κ3) is 3.37. The van der Waals surface area contributed by atoms with Crippen LogP contribution in [-0.4, -0.2) is 47.7 Å². The van der Waals surface area contributed by atoms with Crippen LogP contribution >= 0.6 is 23.5 Å². The zero-order valence-electron chi connectivity index (χ0n) is 12.7. The predicted molar refractivity (Wildman–Crippen MR) is 87.3 cm³/mol. The lowest BCUT2D eigenvalue weighted by molar-refractivity contribution is -0.133. The molecule has 1 N–H and O–H groups in total. The number of hydrogen-bond donors (Lipinski definition) is 1. The van der Waals surface area contributed by atoms with Crippen molar-refractivity contribution in [2.45, 2.75) is 44.3 Å². The number of carboxylic acids is 1. The van der Waals surface area contributed by atoms with Gasteiger partial charge >= 0.3 is 5.97 Å².